The molecule has 1 atom stereocenters. The zero-order valence-corrected chi connectivity index (χ0v) is 11.8. The van der Waals surface area contributed by atoms with Gasteiger partial charge in [0, 0.05) is 23.9 Å². The number of nitrogens with one attached hydrogen (secondary N) is 2. The van der Waals surface area contributed by atoms with Crippen molar-refractivity contribution in [1.29, 1.82) is 0 Å². The van der Waals surface area contributed by atoms with Crippen molar-refractivity contribution < 1.29 is 4.79 Å². The van der Waals surface area contributed by atoms with Gasteiger partial charge in [-0.25, -0.2) is 0 Å². The molecule has 0 fully saturated rings. The second-order valence-corrected chi connectivity index (χ2v) is 5.74. The van der Waals surface area contributed by atoms with Crippen LogP contribution in [0.2, 0.25) is 0 Å². The number of anilines is 1. The van der Waals surface area contributed by atoms with Gasteiger partial charge in [-0.1, -0.05) is 0 Å². The SMILES string of the molecule is Cc1nn(C)c(C)c1[C@@H]1SCC(=O)Nc2[nH]ncc21. The lowest BCUT2D eigenvalue weighted by molar-refractivity contribution is -0.113. The van der Waals surface area contributed by atoms with E-state index in [-0.39, 0.29) is 11.2 Å². The van der Waals surface area contributed by atoms with Crippen LogP contribution in [0.15, 0.2) is 6.20 Å². The van der Waals surface area contributed by atoms with Crippen molar-refractivity contribution in [1.82, 2.24) is 20.0 Å². The van der Waals surface area contributed by atoms with E-state index in [0.717, 1.165) is 17.0 Å². The molecular formula is C12H15N5OS. The Kier molecular flexibility index (Phi) is 2.85. The molecule has 1 aliphatic heterocycles. The molecule has 0 aliphatic carbocycles. The van der Waals surface area contributed by atoms with Crippen molar-refractivity contribution in [2.75, 3.05) is 11.1 Å². The quantitative estimate of drug-likeness (QED) is 0.829. The first-order chi connectivity index (χ1) is 9.08. The average molecular weight is 277 g/mol. The van der Waals surface area contributed by atoms with Crippen LogP contribution in [0.5, 0.6) is 0 Å². The Labute approximate surface area is 115 Å². The van der Waals surface area contributed by atoms with Crippen LogP contribution < -0.4 is 5.32 Å². The number of fused-ring (bicyclic) bond motifs is 1. The number of thioether (sulfide) groups is 1. The van der Waals surface area contributed by atoms with Gasteiger partial charge in [-0.3, -0.25) is 14.6 Å². The Bertz CT molecular complexity index is 645. The summed E-state index contributed by atoms with van der Waals surface area (Å²) in [7, 11) is 1.94. The number of carbonyl (C=O) groups excluding carboxylic acids is 1. The first-order valence-electron chi connectivity index (χ1n) is 6.02. The number of aromatic nitrogens is 4. The summed E-state index contributed by atoms with van der Waals surface area (Å²) in [5.74, 6) is 1.13. The maximum absolute atomic E-state index is 11.7. The van der Waals surface area contributed by atoms with Crippen LogP contribution >= 0.6 is 11.8 Å². The molecule has 0 spiro atoms. The number of hydrogen-bond acceptors (Lipinski definition) is 4. The first kappa shape index (κ1) is 12.3. The normalized spacial score (nSPS) is 18.9. The highest BCUT2D eigenvalue weighted by molar-refractivity contribution is 8.00. The fourth-order valence-electron chi connectivity index (χ4n) is 2.43. The molecule has 2 aromatic rings. The van der Waals surface area contributed by atoms with Gasteiger partial charge in [0.25, 0.3) is 0 Å². The van der Waals surface area contributed by atoms with E-state index in [1.54, 1.807) is 18.0 Å². The highest BCUT2D eigenvalue weighted by atomic mass is 32.2. The molecule has 2 aromatic heterocycles. The Balaban J connectivity index is 2.13. The van der Waals surface area contributed by atoms with Crippen LogP contribution in [0.3, 0.4) is 0 Å². The number of hydrogen-bond donors (Lipinski definition) is 2. The van der Waals surface area contributed by atoms with Crippen LogP contribution in [0.4, 0.5) is 5.82 Å². The highest BCUT2D eigenvalue weighted by Crippen LogP contribution is 2.42. The maximum atomic E-state index is 11.7. The largest absolute Gasteiger partial charge is 0.310 e. The number of aryl methyl sites for hydroxylation is 2. The minimum absolute atomic E-state index is 0.00260. The third-order valence-corrected chi connectivity index (χ3v) is 4.68. The lowest BCUT2D eigenvalue weighted by Gasteiger charge is -2.14. The fraction of sp³-hybridized carbons (Fsp3) is 0.417. The number of carbonyl (C=O) groups is 1. The summed E-state index contributed by atoms with van der Waals surface area (Å²) >= 11 is 1.61. The van der Waals surface area contributed by atoms with E-state index in [2.05, 4.69) is 27.5 Å². The van der Waals surface area contributed by atoms with Crippen molar-refractivity contribution in [3.63, 3.8) is 0 Å². The Hall–Kier alpha value is -1.76. The van der Waals surface area contributed by atoms with Crippen molar-refractivity contribution in [2.45, 2.75) is 19.1 Å². The molecule has 6 nitrogen and oxygen atoms in total. The fourth-order valence-corrected chi connectivity index (χ4v) is 3.68. The second kappa shape index (κ2) is 4.41. The molecule has 0 unspecified atom stereocenters. The third-order valence-electron chi connectivity index (χ3n) is 3.42. The van der Waals surface area contributed by atoms with Gasteiger partial charge >= 0.3 is 0 Å². The molecule has 3 heterocycles. The molecule has 100 valence electrons. The maximum Gasteiger partial charge on any atom is 0.235 e. The van der Waals surface area contributed by atoms with Crippen LogP contribution in [0, 0.1) is 13.8 Å². The van der Waals surface area contributed by atoms with Gasteiger partial charge in [0.15, 0.2) is 0 Å². The number of nitrogens with zero attached hydrogens (tertiary/aromatic N) is 3. The zero-order chi connectivity index (χ0) is 13.6. The van der Waals surface area contributed by atoms with Gasteiger partial charge in [-0.2, -0.15) is 10.2 Å². The molecule has 3 rings (SSSR count). The van der Waals surface area contributed by atoms with Crippen LogP contribution in [0.25, 0.3) is 0 Å². The van der Waals surface area contributed by atoms with Gasteiger partial charge in [-0.15, -0.1) is 11.8 Å². The zero-order valence-electron chi connectivity index (χ0n) is 11.0. The van der Waals surface area contributed by atoms with Gasteiger partial charge in [-0.05, 0) is 13.8 Å². The molecule has 2 N–H and O–H groups in total. The molecule has 0 radical (unpaired) electrons. The van der Waals surface area contributed by atoms with Crippen LogP contribution in [0.1, 0.15) is 27.8 Å². The summed E-state index contributed by atoms with van der Waals surface area (Å²) in [6.45, 7) is 4.05. The summed E-state index contributed by atoms with van der Waals surface area (Å²) < 4.78 is 1.88. The van der Waals surface area contributed by atoms with Crippen LogP contribution in [-0.4, -0.2) is 31.6 Å². The molecule has 0 aromatic carbocycles. The summed E-state index contributed by atoms with van der Waals surface area (Å²) in [4.78, 5) is 11.7. The predicted molar refractivity (Wildman–Crippen MR) is 74.2 cm³/mol. The van der Waals surface area contributed by atoms with E-state index in [1.165, 1.54) is 5.56 Å². The third kappa shape index (κ3) is 1.94. The summed E-state index contributed by atoms with van der Waals surface area (Å²) in [5.41, 5.74) is 4.30. The topological polar surface area (TPSA) is 75.6 Å². The molecule has 0 bridgehead atoms. The average Bonchev–Trinajstić information content (AvgIpc) is 2.85. The first-order valence-corrected chi connectivity index (χ1v) is 7.07. The van der Waals surface area contributed by atoms with E-state index >= 15 is 0 Å². The molecule has 1 amide bonds. The van der Waals surface area contributed by atoms with E-state index in [1.807, 2.05) is 18.7 Å². The Morgan fingerprint density at radius 2 is 2.26 bits per heavy atom. The minimum Gasteiger partial charge on any atom is -0.310 e. The standard InChI is InChI=1S/C12H15N5OS/c1-6-10(7(2)17(3)16-6)11-8-4-13-15-12(8)14-9(18)5-19-11/h4,11H,5H2,1-3H3,(H2,13,14,15,18)/t11-/m1/s1. The van der Waals surface area contributed by atoms with Gasteiger partial charge in [0.2, 0.25) is 5.91 Å². The predicted octanol–water partition coefficient (Wildman–Crippen LogP) is 1.53. The van der Waals surface area contributed by atoms with Crippen LogP contribution in [-0.2, 0) is 11.8 Å². The van der Waals surface area contributed by atoms with E-state index in [9.17, 15) is 4.79 Å². The van der Waals surface area contributed by atoms with E-state index in [4.69, 9.17) is 0 Å². The van der Waals surface area contributed by atoms with Gasteiger partial charge in [0.1, 0.15) is 5.82 Å². The minimum atomic E-state index is -0.00260. The molecule has 0 saturated carbocycles. The molecule has 1 aliphatic rings. The van der Waals surface area contributed by atoms with Crippen molar-refractivity contribution in [3.05, 3.63) is 28.7 Å². The summed E-state index contributed by atoms with van der Waals surface area (Å²) in [6.07, 6.45) is 1.78. The van der Waals surface area contributed by atoms with Gasteiger partial charge < -0.3 is 5.32 Å². The lowest BCUT2D eigenvalue weighted by Crippen LogP contribution is -2.12. The number of amides is 1. The number of aromatic amines is 1. The molecule has 19 heavy (non-hydrogen) atoms. The van der Waals surface area contributed by atoms with E-state index in [0.29, 0.717) is 11.6 Å². The summed E-state index contributed by atoms with van der Waals surface area (Å²) in [5, 5.41) is 14.3. The number of rotatable bonds is 1. The molecular weight excluding hydrogens is 262 g/mol. The van der Waals surface area contributed by atoms with Crippen molar-refractivity contribution >= 4 is 23.5 Å². The second-order valence-electron chi connectivity index (χ2n) is 4.65. The highest BCUT2D eigenvalue weighted by Gasteiger charge is 2.29. The molecule has 0 saturated heterocycles. The molecule has 7 heteroatoms. The number of H-pyrrole nitrogens is 1. The lowest BCUT2D eigenvalue weighted by atomic mass is 10.0. The van der Waals surface area contributed by atoms with Gasteiger partial charge in [0.05, 0.1) is 22.9 Å². The Morgan fingerprint density at radius 3 is 2.95 bits per heavy atom. The van der Waals surface area contributed by atoms with Crippen molar-refractivity contribution in [2.24, 2.45) is 7.05 Å². The Morgan fingerprint density at radius 1 is 1.47 bits per heavy atom. The summed E-state index contributed by atoms with van der Waals surface area (Å²) in [6, 6.07) is 0. The van der Waals surface area contributed by atoms with Crippen molar-refractivity contribution in [3.8, 4) is 0 Å². The smallest absolute Gasteiger partial charge is 0.235 e. The van der Waals surface area contributed by atoms with E-state index < -0.39 is 0 Å². The monoisotopic (exact) mass is 277 g/mol.